The lowest BCUT2D eigenvalue weighted by molar-refractivity contribution is 0.273. The van der Waals surface area contributed by atoms with Crippen LogP contribution in [0.3, 0.4) is 0 Å². The Morgan fingerprint density at radius 3 is 1.96 bits per heavy atom. The topological polar surface area (TPSA) is 156 Å². The molecule has 0 amide bonds. The summed E-state index contributed by atoms with van der Waals surface area (Å²) in [6.07, 6.45) is 4.09. The lowest BCUT2D eigenvalue weighted by atomic mass is 9.84. The molecule has 0 radical (unpaired) electrons. The summed E-state index contributed by atoms with van der Waals surface area (Å²) in [6, 6.07) is 0.327. The largest absolute Gasteiger partial charge is 0.339 e. The number of rotatable bonds is 10. The standard InChI is InChI=1S/C12H29N3O6P2/c13-12-3-1-11(2-4-12)5-6-14-7-8-15(9-22(16,17)18)10-23(19,20)21/h11-12,14H,1-10,13H2,(H2,16,17,18)(H2,19,20,21). The fourth-order valence-corrected chi connectivity index (χ4v) is 4.54. The highest BCUT2D eigenvalue weighted by atomic mass is 31.2. The fourth-order valence-electron chi connectivity index (χ4n) is 2.85. The summed E-state index contributed by atoms with van der Waals surface area (Å²) in [6.45, 7) is 1.37. The molecule has 0 spiro atoms. The van der Waals surface area contributed by atoms with Crippen molar-refractivity contribution in [2.24, 2.45) is 11.7 Å². The van der Waals surface area contributed by atoms with Gasteiger partial charge in [-0.3, -0.25) is 14.0 Å². The Morgan fingerprint density at radius 1 is 0.957 bits per heavy atom. The number of nitrogens with zero attached hydrogens (tertiary/aromatic N) is 1. The second kappa shape index (κ2) is 9.61. The maximum atomic E-state index is 11.0. The highest BCUT2D eigenvalue weighted by Gasteiger charge is 2.25. The minimum absolute atomic E-state index is 0.172. The van der Waals surface area contributed by atoms with Crippen LogP contribution in [0.25, 0.3) is 0 Å². The Labute approximate surface area is 137 Å². The van der Waals surface area contributed by atoms with Crippen LogP contribution in [-0.2, 0) is 9.13 Å². The lowest BCUT2D eigenvalue weighted by Gasteiger charge is -2.26. The summed E-state index contributed by atoms with van der Waals surface area (Å²) in [7, 11) is -8.70. The van der Waals surface area contributed by atoms with E-state index in [9.17, 15) is 9.13 Å². The van der Waals surface area contributed by atoms with Gasteiger partial charge in [-0.1, -0.05) is 0 Å². The molecule has 1 rings (SSSR count). The summed E-state index contributed by atoms with van der Waals surface area (Å²) in [5.74, 6) is 0.656. The van der Waals surface area contributed by atoms with Gasteiger partial charge in [0.05, 0.1) is 0 Å². The van der Waals surface area contributed by atoms with Gasteiger partial charge in [0.15, 0.2) is 0 Å². The molecule has 0 unspecified atom stereocenters. The highest BCUT2D eigenvalue weighted by Crippen LogP contribution is 2.40. The van der Waals surface area contributed by atoms with E-state index in [1.165, 1.54) is 0 Å². The van der Waals surface area contributed by atoms with Gasteiger partial charge < -0.3 is 30.6 Å². The van der Waals surface area contributed by atoms with Crippen molar-refractivity contribution in [1.82, 2.24) is 10.2 Å². The van der Waals surface area contributed by atoms with Crippen LogP contribution in [0.2, 0.25) is 0 Å². The van der Waals surface area contributed by atoms with E-state index in [1.807, 2.05) is 0 Å². The van der Waals surface area contributed by atoms with Crippen molar-refractivity contribution in [3.8, 4) is 0 Å². The molecule has 7 N–H and O–H groups in total. The van der Waals surface area contributed by atoms with E-state index >= 15 is 0 Å². The minimum atomic E-state index is -4.35. The smallest absolute Gasteiger partial charge is 0.328 e. The third kappa shape index (κ3) is 11.4. The predicted octanol–water partition coefficient (Wildman–Crippen LogP) is 0.0560. The van der Waals surface area contributed by atoms with Crippen molar-refractivity contribution in [3.05, 3.63) is 0 Å². The summed E-state index contributed by atoms with van der Waals surface area (Å²) in [4.78, 5) is 37.0. The Kier molecular flexibility index (Phi) is 8.87. The van der Waals surface area contributed by atoms with Gasteiger partial charge in [-0.05, 0) is 44.6 Å². The molecule has 0 aromatic carbocycles. The van der Waals surface area contributed by atoms with E-state index in [0.29, 0.717) is 18.5 Å². The van der Waals surface area contributed by atoms with Crippen LogP contribution in [-0.4, -0.2) is 62.7 Å². The zero-order chi connectivity index (χ0) is 17.5. The number of nitrogens with one attached hydrogen (secondary N) is 1. The second-order valence-corrected chi connectivity index (χ2v) is 9.55. The van der Waals surface area contributed by atoms with Gasteiger partial charge in [0.2, 0.25) is 0 Å². The van der Waals surface area contributed by atoms with Crippen molar-refractivity contribution >= 4 is 15.2 Å². The van der Waals surface area contributed by atoms with Crippen LogP contribution in [0.1, 0.15) is 32.1 Å². The normalized spacial score (nSPS) is 23.4. The highest BCUT2D eigenvalue weighted by molar-refractivity contribution is 7.52. The summed E-state index contributed by atoms with van der Waals surface area (Å²) < 4.78 is 22.0. The van der Waals surface area contributed by atoms with E-state index in [0.717, 1.165) is 43.5 Å². The maximum absolute atomic E-state index is 11.0. The zero-order valence-corrected chi connectivity index (χ0v) is 15.0. The van der Waals surface area contributed by atoms with E-state index in [4.69, 9.17) is 25.3 Å². The van der Waals surface area contributed by atoms with Crippen LogP contribution >= 0.6 is 15.2 Å². The molecule has 1 aliphatic carbocycles. The molecule has 1 fully saturated rings. The molecule has 0 atom stereocenters. The van der Waals surface area contributed by atoms with Crippen LogP contribution in [0.4, 0.5) is 0 Å². The quantitative estimate of drug-likeness (QED) is 0.230. The summed E-state index contributed by atoms with van der Waals surface area (Å²) >= 11 is 0. The molecule has 1 saturated carbocycles. The van der Waals surface area contributed by atoms with Crippen molar-refractivity contribution in [2.45, 2.75) is 38.1 Å². The van der Waals surface area contributed by atoms with Gasteiger partial charge in [0.1, 0.15) is 12.6 Å². The second-order valence-electron chi connectivity index (χ2n) is 6.33. The number of hydrogen-bond donors (Lipinski definition) is 6. The molecular weight excluding hydrogens is 344 g/mol. The first kappa shape index (κ1) is 21.2. The Balaban J connectivity index is 2.23. The Morgan fingerprint density at radius 2 is 1.48 bits per heavy atom. The molecule has 0 saturated heterocycles. The average molecular weight is 373 g/mol. The molecule has 0 aliphatic heterocycles. The first-order valence-corrected chi connectivity index (χ1v) is 11.4. The monoisotopic (exact) mass is 373 g/mol. The number of nitrogens with two attached hydrogens (primary N) is 1. The van der Waals surface area contributed by atoms with Crippen LogP contribution < -0.4 is 11.1 Å². The van der Waals surface area contributed by atoms with E-state index < -0.39 is 27.8 Å². The predicted molar refractivity (Wildman–Crippen MR) is 87.9 cm³/mol. The first-order valence-electron chi connectivity index (χ1n) is 7.83. The first-order chi connectivity index (χ1) is 10.6. The van der Waals surface area contributed by atoms with E-state index in [1.54, 1.807) is 0 Å². The van der Waals surface area contributed by atoms with Crippen molar-refractivity contribution in [2.75, 3.05) is 32.2 Å². The molecule has 9 nitrogen and oxygen atoms in total. The van der Waals surface area contributed by atoms with Gasteiger partial charge in [0, 0.05) is 19.1 Å². The molecule has 0 aromatic heterocycles. The van der Waals surface area contributed by atoms with E-state index in [2.05, 4.69) is 5.32 Å². The molecule has 138 valence electrons. The number of hydrogen-bond acceptors (Lipinski definition) is 5. The van der Waals surface area contributed by atoms with Gasteiger partial charge in [-0.15, -0.1) is 0 Å². The average Bonchev–Trinajstić information content (AvgIpc) is 2.36. The molecule has 0 aromatic rings. The third-order valence-corrected chi connectivity index (χ3v) is 5.53. The van der Waals surface area contributed by atoms with Gasteiger partial charge in [0.25, 0.3) is 0 Å². The Hall–Kier alpha value is 0.180. The maximum Gasteiger partial charge on any atom is 0.339 e. The molecule has 0 bridgehead atoms. The van der Waals surface area contributed by atoms with Gasteiger partial charge in [-0.25, -0.2) is 0 Å². The van der Waals surface area contributed by atoms with Gasteiger partial charge in [-0.2, -0.15) is 0 Å². The third-order valence-electron chi connectivity index (χ3n) is 3.99. The minimum Gasteiger partial charge on any atom is -0.328 e. The van der Waals surface area contributed by atoms with Crippen LogP contribution in [0, 0.1) is 5.92 Å². The molecule has 1 aliphatic rings. The summed E-state index contributed by atoms with van der Waals surface area (Å²) in [5.41, 5.74) is 5.86. The van der Waals surface area contributed by atoms with Gasteiger partial charge >= 0.3 is 15.2 Å². The lowest BCUT2D eigenvalue weighted by Crippen LogP contribution is -2.34. The zero-order valence-electron chi connectivity index (χ0n) is 13.3. The fraction of sp³-hybridized carbons (Fsp3) is 1.00. The van der Waals surface area contributed by atoms with Crippen molar-refractivity contribution in [3.63, 3.8) is 0 Å². The molecular formula is C12H29N3O6P2. The molecule has 23 heavy (non-hydrogen) atoms. The molecule has 0 heterocycles. The van der Waals surface area contributed by atoms with E-state index in [-0.39, 0.29) is 6.54 Å². The van der Waals surface area contributed by atoms with Crippen LogP contribution in [0.15, 0.2) is 0 Å². The van der Waals surface area contributed by atoms with Crippen LogP contribution in [0.5, 0.6) is 0 Å². The Bertz CT molecular complexity index is 409. The molecule has 11 heteroatoms. The summed E-state index contributed by atoms with van der Waals surface area (Å²) in [5, 5.41) is 3.17. The SMILES string of the molecule is NC1CCC(CCNCCN(CP(=O)(O)O)CP(=O)(O)O)CC1. The van der Waals surface area contributed by atoms with Crippen molar-refractivity contribution < 1.29 is 28.7 Å². The van der Waals surface area contributed by atoms with Crippen molar-refractivity contribution in [1.29, 1.82) is 0 Å².